The lowest BCUT2D eigenvalue weighted by molar-refractivity contribution is 0.0689. The summed E-state index contributed by atoms with van der Waals surface area (Å²) in [5, 5.41) is 21.6. The van der Waals surface area contributed by atoms with Gasteiger partial charge in [0, 0.05) is 31.7 Å². The number of hydrogen-bond donors (Lipinski definition) is 2. The van der Waals surface area contributed by atoms with E-state index in [4.69, 9.17) is 14.7 Å². The summed E-state index contributed by atoms with van der Waals surface area (Å²) in [6.07, 6.45) is 0. The number of thioether (sulfide) groups is 2. The van der Waals surface area contributed by atoms with Gasteiger partial charge in [0.25, 0.3) is 0 Å². The number of nitrogens with zero attached hydrogens (tertiary/aromatic N) is 2. The highest BCUT2D eigenvalue weighted by Gasteiger charge is 2.24. The van der Waals surface area contributed by atoms with E-state index < -0.39 is 11.9 Å². The third kappa shape index (κ3) is 5.96. The Morgan fingerprint density at radius 2 is 1.02 bits per heavy atom. The van der Waals surface area contributed by atoms with Gasteiger partial charge in [0.2, 0.25) is 0 Å². The van der Waals surface area contributed by atoms with Crippen molar-refractivity contribution in [2.45, 2.75) is 23.6 Å². The van der Waals surface area contributed by atoms with Crippen LogP contribution < -0.4 is 4.74 Å². The first-order valence-corrected chi connectivity index (χ1v) is 16.3. The Morgan fingerprint density at radius 3 is 1.38 bits per heavy atom. The van der Waals surface area contributed by atoms with E-state index in [0.29, 0.717) is 21.8 Å². The number of pyridine rings is 2. The quantitative estimate of drug-likeness (QED) is 0.143. The molecular weight excluding hydrogens is 605 g/mol. The number of carbonyl (C=O) groups is 2. The molecule has 224 valence electrons. The van der Waals surface area contributed by atoms with Gasteiger partial charge >= 0.3 is 11.9 Å². The second-order valence-corrected chi connectivity index (χ2v) is 12.6. The highest BCUT2D eigenvalue weighted by molar-refractivity contribution is 7.99. The number of fused-ring (bicyclic) bond motifs is 2. The molecule has 0 unspecified atom stereocenters. The second kappa shape index (κ2) is 13.0. The van der Waals surface area contributed by atoms with Crippen LogP contribution in [0.4, 0.5) is 0 Å². The maximum Gasteiger partial charge on any atom is 0.340 e. The molecule has 6 rings (SSSR count). The monoisotopic (exact) mass is 632 g/mol. The van der Waals surface area contributed by atoms with Crippen LogP contribution in [0.25, 0.3) is 44.3 Å². The van der Waals surface area contributed by atoms with Gasteiger partial charge in [-0.15, -0.1) is 23.5 Å². The van der Waals surface area contributed by atoms with Crippen molar-refractivity contribution in [3.63, 3.8) is 0 Å². The Balaban J connectivity index is 1.51. The van der Waals surface area contributed by atoms with Gasteiger partial charge in [0.15, 0.2) is 0 Å². The number of rotatable bonds is 10. The normalized spacial score (nSPS) is 11.2. The highest BCUT2D eigenvalue weighted by atomic mass is 32.2. The van der Waals surface area contributed by atoms with E-state index in [-0.39, 0.29) is 22.6 Å². The summed E-state index contributed by atoms with van der Waals surface area (Å²) in [6.45, 7) is 4.05. The zero-order valence-electron chi connectivity index (χ0n) is 24.5. The molecule has 9 heteroatoms. The Morgan fingerprint density at radius 1 is 0.622 bits per heavy atom. The minimum atomic E-state index is -1.20. The van der Waals surface area contributed by atoms with Gasteiger partial charge in [-0.05, 0) is 47.9 Å². The van der Waals surface area contributed by atoms with Crippen molar-refractivity contribution >= 4 is 57.3 Å². The highest BCUT2D eigenvalue weighted by Crippen LogP contribution is 2.40. The fraction of sp³-hybridized carbons (Fsp3) is 0.111. The Kier molecular flexibility index (Phi) is 8.73. The van der Waals surface area contributed by atoms with Gasteiger partial charge in [0.05, 0.1) is 22.4 Å². The van der Waals surface area contributed by atoms with E-state index in [1.54, 1.807) is 35.7 Å². The van der Waals surface area contributed by atoms with Crippen LogP contribution >= 0.6 is 23.5 Å². The number of aromatic nitrogens is 2. The van der Waals surface area contributed by atoms with Crippen LogP contribution in [-0.2, 0) is 0 Å². The summed E-state index contributed by atoms with van der Waals surface area (Å²) in [4.78, 5) is 36.9. The fourth-order valence-electron chi connectivity index (χ4n) is 5.28. The van der Waals surface area contributed by atoms with E-state index in [0.717, 1.165) is 43.8 Å². The molecule has 2 aromatic heterocycles. The number of carboxylic acids is 2. The molecule has 0 aliphatic rings. The SMILES string of the molecule is CCSc1cc2c(C(=O)O)c(Oc3ccc4nc(-c5ccccc5)c(SCC)cc4c3C(=O)O)ccc2nc1-c1ccccc1. The molecule has 0 amide bonds. The topological polar surface area (TPSA) is 110 Å². The maximum atomic E-state index is 12.7. The first-order valence-electron chi connectivity index (χ1n) is 14.4. The molecule has 45 heavy (non-hydrogen) atoms. The largest absolute Gasteiger partial charge is 0.478 e. The summed E-state index contributed by atoms with van der Waals surface area (Å²) in [5.74, 6) is -0.825. The smallest absolute Gasteiger partial charge is 0.340 e. The first kappa shape index (κ1) is 30.2. The molecule has 0 saturated carbocycles. The molecular formula is C36H28N2O5S2. The molecule has 7 nitrogen and oxygen atoms in total. The van der Waals surface area contributed by atoms with Gasteiger partial charge in [-0.25, -0.2) is 19.6 Å². The van der Waals surface area contributed by atoms with Gasteiger partial charge in [-0.3, -0.25) is 0 Å². The van der Waals surface area contributed by atoms with E-state index in [1.807, 2.05) is 86.6 Å². The summed E-state index contributed by atoms with van der Waals surface area (Å²) in [5.41, 5.74) is 4.21. The molecule has 6 aromatic rings. The third-order valence-electron chi connectivity index (χ3n) is 7.19. The van der Waals surface area contributed by atoms with Crippen LogP contribution in [0.1, 0.15) is 34.6 Å². The van der Waals surface area contributed by atoms with Crippen molar-refractivity contribution in [1.29, 1.82) is 0 Å². The zero-order chi connectivity index (χ0) is 31.5. The number of aromatic carboxylic acids is 2. The van der Waals surface area contributed by atoms with Crippen molar-refractivity contribution < 1.29 is 24.5 Å². The fourth-order valence-corrected chi connectivity index (χ4v) is 6.91. The lowest BCUT2D eigenvalue weighted by atomic mass is 10.0. The lowest BCUT2D eigenvalue weighted by Gasteiger charge is -2.17. The van der Waals surface area contributed by atoms with Crippen LogP contribution in [0, 0.1) is 0 Å². The number of hydrogen-bond acceptors (Lipinski definition) is 7. The number of ether oxygens (including phenoxy) is 1. The van der Waals surface area contributed by atoms with E-state index in [9.17, 15) is 19.8 Å². The van der Waals surface area contributed by atoms with Crippen molar-refractivity contribution in [3.8, 4) is 34.0 Å². The summed E-state index contributed by atoms with van der Waals surface area (Å²) >= 11 is 3.14. The molecule has 4 aromatic carbocycles. The van der Waals surface area contributed by atoms with Gasteiger partial charge in [0.1, 0.15) is 22.6 Å². The summed E-state index contributed by atoms with van der Waals surface area (Å²) in [6, 6.07) is 29.6. The predicted octanol–water partition coefficient (Wildman–Crippen LogP) is 9.53. The van der Waals surface area contributed by atoms with Gasteiger partial charge < -0.3 is 14.9 Å². The molecule has 0 fully saturated rings. The molecule has 0 aliphatic carbocycles. The molecule has 0 spiro atoms. The molecule has 0 atom stereocenters. The van der Waals surface area contributed by atoms with E-state index in [1.165, 1.54) is 12.1 Å². The average molecular weight is 633 g/mol. The molecule has 2 heterocycles. The van der Waals surface area contributed by atoms with Crippen LogP contribution in [0.5, 0.6) is 11.5 Å². The zero-order valence-corrected chi connectivity index (χ0v) is 26.1. The summed E-state index contributed by atoms with van der Waals surface area (Å²) in [7, 11) is 0. The van der Waals surface area contributed by atoms with Gasteiger partial charge in [-0.2, -0.15) is 0 Å². The third-order valence-corrected chi connectivity index (χ3v) is 9.01. The minimum Gasteiger partial charge on any atom is -0.478 e. The van der Waals surface area contributed by atoms with Crippen molar-refractivity contribution in [2.75, 3.05) is 11.5 Å². The molecule has 0 bridgehead atoms. The first-order chi connectivity index (χ1) is 21.9. The summed E-state index contributed by atoms with van der Waals surface area (Å²) < 4.78 is 6.18. The standard InChI is InChI=1S/C36H28N2O5S2/c1-3-44-29-19-23-25(37-33(29)21-11-7-5-8-12-21)15-17-27(31(23)35(39)40)43-28-18-16-26-24(32(28)36(41)42)20-30(45-4-2)34(38-26)22-13-9-6-10-14-22/h5-20H,3-4H2,1-2H3,(H,39,40)(H,41,42). The number of carboxylic acid groups (broad SMARTS) is 2. The lowest BCUT2D eigenvalue weighted by Crippen LogP contribution is -2.06. The van der Waals surface area contributed by atoms with Crippen LogP contribution in [-0.4, -0.2) is 43.6 Å². The molecule has 0 saturated heterocycles. The Hall–Kier alpha value is -4.86. The average Bonchev–Trinajstić information content (AvgIpc) is 3.04. The molecule has 2 N–H and O–H groups in total. The van der Waals surface area contributed by atoms with Crippen LogP contribution in [0.3, 0.4) is 0 Å². The predicted molar refractivity (Wildman–Crippen MR) is 181 cm³/mol. The van der Waals surface area contributed by atoms with Crippen LogP contribution in [0.2, 0.25) is 0 Å². The Bertz CT molecular complexity index is 1920. The minimum absolute atomic E-state index is 0.0237. The molecule has 0 aliphatic heterocycles. The Labute approximate surface area is 268 Å². The van der Waals surface area contributed by atoms with E-state index >= 15 is 0 Å². The van der Waals surface area contributed by atoms with Crippen molar-refractivity contribution in [2.24, 2.45) is 0 Å². The van der Waals surface area contributed by atoms with Gasteiger partial charge in [-0.1, -0.05) is 74.5 Å². The van der Waals surface area contributed by atoms with Crippen molar-refractivity contribution in [3.05, 3.63) is 108 Å². The number of benzene rings is 4. The van der Waals surface area contributed by atoms with E-state index in [2.05, 4.69) is 0 Å². The second-order valence-electron chi connectivity index (χ2n) is 9.99. The maximum absolute atomic E-state index is 12.7. The van der Waals surface area contributed by atoms with Crippen LogP contribution in [0.15, 0.2) is 107 Å². The van der Waals surface area contributed by atoms with Crippen molar-refractivity contribution in [1.82, 2.24) is 9.97 Å². The molecule has 0 radical (unpaired) electrons.